The molecule has 0 saturated heterocycles. The van der Waals surface area contributed by atoms with Crippen LogP contribution >= 0.6 is 0 Å². The molecule has 2 rings (SSSR count). The van der Waals surface area contributed by atoms with Gasteiger partial charge in [-0.1, -0.05) is 12.1 Å². The number of anilines is 1. The zero-order valence-corrected chi connectivity index (χ0v) is 15.9. The van der Waals surface area contributed by atoms with Crippen molar-refractivity contribution in [2.24, 2.45) is 0 Å². The third-order valence-electron chi connectivity index (χ3n) is 4.06. The van der Waals surface area contributed by atoms with Crippen molar-refractivity contribution in [2.45, 2.75) is 26.1 Å². The molecule has 0 aliphatic heterocycles. The number of methoxy groups -OCH3 is 2. The Bertz CT molecular complexity index is 777. The molecule has 0 aliphatic carbocycles. The maximum Gasteiger partial charge on any atom is 0.305 e. The SMILES string of the molecule is COC(C)c1ccc(F)c([N+](=O)[O-])c1.COC(C)c1ccc(N)c([N+](=O)[O-])c1. The normalized spacial score (nSPS) is 12.5. The van der Waals surface area contributed by atoms with E-state index in [1.165, 1.54) is 31.4 Å². The summed E-state index contributed by atoms with van der Waals surface area (Å²) in [5, 5.41) is 21.0. The Labute approximate surface area is 161 Å². The molecule has 0 heterocycles. The molecule has 0 radical (unpaired) electrons. The maximum absolute atomic E-state index is 12.9. The van der Waals surface area contributed by atoms with Gasteiger partial charge in [0.2, 0.25) is 5.82 Å². The predicted molar refractivity (Wildman–Crippen MR) is 101 cm³/mol. The third kappa shape index (κ3) is 5.96. The lowest BCUT2D eigenvalue weighted by molar-refractivity contribution is -0.387. The first kappa shape index (κ1) is 22.9. The summed E-state index contributed by atoms with van der Waals surface area (Å²) < 4.78 is 22.9. The lowest BCUT2D eigenvalue weighted by Gasteiger charge is -2.09. The molecule has 9 nitrogen and oxygen atoms in total. The van der Waals surface area contributed by atoms with Crippen molar-refractivity contribution in [3.8, 4) is 0 Å². The molecule has 2 aromatic carbocycles. The van der Waals surface area contributed by atoms with Crippen LogP contribution in [-0.4, -0.2) is 24.1 Å². The van der Waals surface area contributed by atoms with Crippen LogP contribution in [-0.2, 0) is 9.47 Å². The van der Waals surface area contributed by atoms with Gasteiger partial charge < -0.3 is 15.2 Å². The molecule has 0 saturated carbocycles. The van der Waals surface area contributed by atoms with E-state index in [4.69, 9.17) is 15.2 Å². The van der Waals surface area contributed by atoms with E-state index in [9.17, 15) is 24.6 Å². The Balaban J connectivity index is 0.000000280. The topological polar surface area (TPSA) is 131 Å². The molecular weight excluding hydrogens is 373 g/mol. The van der Waals surface area contributed by atoms with Crippen LogP contribution < -0.4 is 5.73 Å². The van der Waals surface area contributed by atoms with Gasteiger partial charge in [-0.05, 0) is 37.1 Å². The Kier molecular flexibility index (Phi) is 8.42. The highest BCUT2D eigenvalue weighted by Crippen LogP contribution is 2.26. The van der Waals surface area contributed by atoms with Crippen molar-refractivity contribution in [2.75, 3.05) is 20.0 Å². The van der Waals surface area contributed by atoms with Gasteiger partial charge in [0.15, 0.2) is 0 Å². The molecular formula is C18H22FN3O6. The summed E-state index contributed by atoms with van der Waals surface area (Å²) in [6, 6.07) is 8.39. The second kappa shape index (κ2) is 10.3. The van der Waals surface area contributed by atoms with Crippen molar-refractivity contribution in [1.82, 2.24) is 0 Å². The summed E-state index contributed by atoms with van der Waals surface area (Å²) in [7, 11) is 3.03. The second-order valence-electron chi connectivity index (χ2n) is 5.80. The van der Waals surface area contributed by atoms with E-state index in [2.05, 4.69) is 0 Å². The molecule has 2 N–H and O–H groups in total. The Morgan fingerprint density at radius 2 is 1.32 bits per heavy atom. The van der Waals surface area contributed by atoms with Gasteiger partial charge in [0.1, 0.15) is 5.69 Å². The summed E-state index contributed by atoms with van der Waals surface area (Å²) in [6.07, 6.45) is -0.455. The van der Waals surface area contributed by atoms with Crippen molar-refractivity contribution >= 4 is 17.1 Å². The summed E-state index contributed by atoms with van der Waals surface area (Å²) in [5.74, 6) is -0.831. The molecule has 0 spiro atoms. The summed E-state index contributed by atoms with van der Waals surface area (Å²) in [6.45, 7) is 3.55. The molecule has 152 valence electrons. The average molecular weight is 395 g/mol. The van der Waals surface area contributed by atoms with Crippen molar-refractivity contribution in [1.29, 1.82) is 0 Å². The highest BCUT2D eigenvalue weighted by molar-refractivity contribution is 5.59. The second-order valence-corrected chi connectivity index (χ2v) is 5.80. The molecule has 2 atom stereocenters. The third-order valence-corrected chi connectivity index (χ3v) is 4.06. The molecule has 28 heavy (non-hydrogen) atoms. The van der Waals surface area contributed by atoms with Gasteiger partial charge in [-0.2, -0.15) is 4.39 Å². The predicted octanol–water partition coefficient (Wildman–Crippen LogP) is 4.33. The van der Waals surface area contributed by atoms with Gasteiger partial charge in [-0.15, -0.1) is 0 Å². The quantitative estimate of drug-likeness (QED) is 0.437. The number of nitro benzene ring substituents is 2. The number of nitrogens with zero attached hydrogens (tertiary/aromatic N) is 2. The number of benzene rings is 2. The lowest BCUT2D eigenvalue weighted by atomic mass is 10.1. The first-order valence-corrected chi connectivity index (χ1v) is 8.15. The number of hydrogen-bond donors (Lipinski definition) is 1. The number of nitro groups is 2. The summed E-state index contributed by atoms with van der Waals surface area (Å²) in [4.78, 5) is 19.7. The zero-order valence-electron chi connectivity index (χ0n) is 15.9. The Morgan fingerprint density at radius 3 is 1.75 bits per heavy atom. The van der Waals surface area contributed by atoms with Gasteiger partial charge in [-0.25, -0.2) is 0 Å². The smallest absolute Gasteiger partial charge is 0.305 e. The van der Waals surface area contributed by atoms with Gasteiger partial charge in [-0.3, -0.25) is 20.2 Å². The van der Waals surface area contributed by atoms with Crippen LogP contribution in [0, 0.1) is 26.0 Å². The van der Waals surface area contributed by atoms with Crippen LogP contribution in [0.2, 0.25) is 0 Å². The standard InChI is InChI=1S/C9H10FNO3.C9H12N2O3/c2*1-6(14-2)7-3-4-8(10)9(5-7)11(12)13/h3-6H,1-2H3;3-6H,10H2,1-2H3. The fraction of sp³-hybridized carbons (Fsp3) is 0.333. The number of hydrogen-bond acceptors (Lipinski definition) is 7. The largest absolute Gasteiger partial charge is 0.393 e. The van der Waals surface area contributed by atoms with E-state index >= 15 is 0 Å². The number of ether oxygens (including phenoxy) is 2. The molecule has 2 aromatic rings. The molecule has 0 bridgehead atoms. The van der Waals surface area contributed by atoms with E-state index < -0.39 is 21.4 Å². The average Bonchev–Trinajstić information content (AvgIpc) is 2.67. The Hall–Kier alpha value is -3.11. The van der Waals surface area contributed by atoms with E-state index in [-0.39, 0.29) is 23.6 Å². The summed E-state index contributed by atoms with van der Waals surface area (Å²) >= 11 is 0. The molecule has 0 amide bonds. The number of nitrogens with two attached hydrogens (primary N) is 1. The minimum atomic E-state index is -0.831. The van der Waals surface area contributed by atoms with Crippen LogP contribution in [0.4, 0.5) is 21.5 Å². The van der Waals surface area contributed by atoms with E-state index in [0.29, 0.717) is 5.56 Å². The fourth-order valence-corrected chi connectivity index (χ4v) is 2.17. The highest BCUT2D eigenvalue weighted by Gasteiger charge is 2.16. The zero-order chi connectivity index (χ0) is 21.4. The first-order chi connectivity index (χ1) is 13.1. The lowest BCUT2D eigenvalue weighted by Crippen LogP contribution is -2.00. The van der Waals surface area contributed by atoms with E-state index in [0.717, 1.165) is 11.6 Å². The molecule has 2 unspecified atom stereocenters. The monoisotopic (exact) mass is 395 g/mol. The first-order valence-electron chi connectivity index (χ1n) is 8.15. The van der Waals surface area contributed by atoms with E-state index in [1.54, 1.807) is 20.1 Å². The fourth-order valence-electron chi connectivity index (χ4n) is 2.17. The minimum absolute atomic E-state index is 0.0774. The molecule has 0 fully saturated rings. The molecule has 10 heteroatoms. The van der Waals surface area contributed by atoms with Gasteiger partial charge >= 0.3 is 5.69 Å². The minimum Gasteiger partial charge on any atom is -0.393 e. The molecule has 0 aliphatic rings. The summed E-state index contributed by atoms with van der Waals surface area (Å²) in [5.41, 5.74) is 6.35. The number of rotatable bonds is 6. The van der Waals surface area contributed by atoms with Gasteiger partial charge in [0.05, 0.1) is 22.1 Å². The highest BCUT2D eigenvalue weighted by atomic mass is 19.1. The van der Waals surface area contributed by atoms with E-state index in [1.807, 2.05) is 6.92 Å². The van der Waals surface area contributed by atoms with Gasteiger partial charge in [0.25, 0.3) is 5.69 Å². The van der Waals surface area contributed by atoms with Crippen LogP contribution in [0.1, 0.15) is 37.2 Å². The Morgan fingerprint density at radius 1 is 0.893 bits per heavy atom. The number of halogens is 1. The van der Waals surface area contributed by atoms with Crippen molar-refractivity contribution < 1.29 is 23.7 Å². The van der Waals surface area contributed by atoms with Crippen molar-refractivity contribution in [3.63, 3.8) is 0 Å². The molecule has 0 aromatic heterocycles. The maximum atomic E-state index is 12.9. The van der Waals surface area contributed by atoms with Crippen LogP contribution in [0.3, 0.4) is 0 Å². The van der Waals surface area contributed by atoms with Crippen molar-refractivity contribution in [3.05, 3.63) is 73.6 Å². The van der Waals surface area contributed by atoms with Crippen LogP contribution in [0.15, 0.2) is 36.4 Å². The van der Waals surface area contributed by atoms with Crippen LogP contribution in [0.5, 0.6) is 0 Å². The number of nitrogen functional groups attached to an aromatic ring is 1. The van der Waals surface area contributed by atoms with Gasteiger partial charge in [0, 0.05) is 26.4 Å². The van der Waals surface area contributed by atoms with Crippen LogP contribution in [0.25, 0.3) is 0 Å².